The van der Waals surface area contributed by atoms with Gasteiger partial charge < -0.3 is 9.64 Å². The highest BCUT2D eigenvalue weighted by Gasteiger charge is 2.25. The first-order chi connectivity index (χ1) is 17.3. The average Bonchev–Trinajstić information content (AvgIpc) is 3.48. The highest BCUT2D eigenvalue weighted by atomic mass is 32.2. The van der Waals surface area contributed by atoms with E-state index in [1.807, 2.05) is 30.3 Å². The van der Waals surface area contributed by atoms with Crippen LogP contribution < -0.4 is 0 Å². The molecule has 0 bridgehead atoms. The summed E-state index contributed by atoms with van der Waals surface area (Å²) in [5.41, 5.74) is 4.10. The SMILES string of the molecule is COC(=O)c1ccccc1S(=O)(=O)Cc1cncc(-c2ccc(-c3ccc4c(c3)CN(C)C4=O)s2)c1. The minimum Gasteiger partial charge on any atom is -0.465 e. The van der Waals surface area contributed by atoms with E-state index < -0.39 is 15.8 Å². The van der Waals surface area contributed by atoms with Crippen LogP contribution in [0.15, 0.2) is 78.0 Å². The van der Waals surface area contributed by atoms with Crippen LogP contribution in [0.3, 0.4) is 0 Å². The molecule has 9 heteroatoms. The van der Waals surface area contributed by atoms with Gasteiger partial charge in [-0.1, -0.05) is 18.2 Å². The second kappa shape index (κ2) is 9.33. The lowest BCUT2D eigenvalue weighted by Crippen LogP contribution is -2.17. The minimum absolute atomic E-state index is 0.00857. The molecule has 36 heavy (non-hydrogen) atoms. The number of carbonyl (C=O) groups is 2. The van der Waals surface area contributed by atoms with Crippen LogP contribution in [0.1, 0.15) is 31.8 Å². The molecule has 182 valence electrons. The minimum atomic E-state index is -3.82. The van der Waals surface area contributed by atoms with Crippen molar-refractivity contribution in [3.63, 3.8) is 0 Å². The van der Waals surface area contributed by atoms with E-state index in [-0.39, 0.29) is 22.1 Å². The number of methoxy groups -OCH3 is 1. The number of fused-ring (bicyclic) bond motifs is 1. The molecule has 0 spiro atoms. The number of amides is 1. The second-order valence-corrected chi connectivity index (χ2v) is 11.6. The number of benzene rings is 2. The molecule has 5 rings (SSSR count). The van der Waals surface area contributed by atoms with Gasteiger partial charge in [0.1, 0.15) is 0 Å². The first-order valence-electron chi connectivity index (χ1n) is 11.1. The number of ether oxygens (including phenoxy) is 1. The van der Waals surface area contributed by atoms with Crippen molar-refractivity contribution in [2.75, 3.05) is 14.2 Å². The number of aromatic nitrogens is 1. The molecule has 1 amide bonds. The summed E-state index contributed by atoms with van der Waals surface area (Å²) in [6.45, 7) is 0.597. The van der Waals surface area contributed by atoms with Crippen LogP contribution in [0, 0.1) is 0 Å². The molecule has 0 aliphatic carbocycles. The van der Waals surface area contributed by atoms with Crippen molar-refractivity contribution in [1.29, 1.82) is 0 Å². The van der Waals surface area contributed by atoms with Gasteiger partial charge in [0.05, 0.1) is 23.3 Å². The van der Waals surface area contributed by atoms with Gasteiger partial charge in [0.25, 0.3) is 5.91 Å². The summed E-state index contributed by atoms with van der Waals surface area (Å²) < 4.78 is 31.1. The molecule has 0 atom stereocenters. The maximum atomic E-state index is 13.2. The monoisotopic (exact) mass is 518 g/mol. The fraction of sp³-hybridized carbons (Fsp3) is 0.148. The maximum absolute atomic E-state index is 13.2. The van der Waals surface area contributed by atoms with Crippen molar-refractivity contribution in [2.24, 2.45) is 0 Å². The molecule has 0 unspecified atom stereocenters. The lowest BCUT2D eigenvalue weighted by Gasteiger charge is -2.09. The normalized spacial score (nSPS) is 13.1. The molecule has 4 aromatic rings. The van der Waals surface area contributed by atoms with Gasteiger partial charge in [-0.15, -0.1) is 11.3 Å². The van der Waals surface area contributed by atoms with Crippen LogP contribution in [-0.2, 0) is 26.9 Å². The number of pyridine rings is 1. The molecule has 0 saturated carbocycles. The van der Waals surface area contributed by atoms with Gasteiger partial charge >= 0.3 is 5.97 Å². The Kier molecular flexibility index (Phi) is 6.19. The number of sulfone groups is 1. The predicted molar refractivity (Wildman–Crippen MR) is 137 cm³/mol. The van der Waals surface area contributed by atoms with Gasteiger partial charge in [-0.25, -0.2) is 13.2 Å². The first kappa shape index (κ1) is 23.9. The van der Waals surface area contributed by atoms with E-state index in [4.69, 9.17) is 4.74 Å². The summed E-state index contributed by atoms with van der Waals surface area (Å²) in [6.07, 6.45) is 3.22. The zero-order valence-electron chi connectivity index (χ0n) is 19.6. The summed E-state index contributed by atoms with van der Waals surface area (Å²) >= 11 is 1.57. The Morgan fingerprint density at radius 3 is 2.56 bits per heavy atom. The summed E-state index contributed by atoms with van der Waals surface area (Å²) in [4.78, 5) is 32.1. The van der Waals surface area contributed by atoms with Gasteiger partial charge in [0.2, 0.25) is 0 Å². The Morgan fingerprint density at radius 2 is 1.78 bits per heavy atom. The Morgan fingerprint density at radius 1 is 1.03 bits per heavy atom. The van der Waals surface area contributed by atoms with Gasteiger partial charge in [-0.2, -0.15) is 0 Å². The third-order valence-corrected chi connectivity index (χ3v) is 8.97. The van der Waals surface area contributed by atoms with E-state index in [9.17, 15) is 18.0 Å². The molecule has 2 aromatic carbocycles. The van der Waals surface area contributed by atoms with Crippen molar-refractivity contribution >= 4 is 33.1 Å². The van der Waals surface area contributed by atoms with E-state index in [0.717, 1.165) is 32.0 Å². The zero-order chi connectivity index (χ0) is 25.4. The van der Waals surface area contributed by atoms with Crippen LogP contribution >= 0.6 is 11.3 Å². The molecular formula is C27H22N2O5S2. The van der Waals surface area contributed by atoms with Crippen LogP contribution in [0.25, 0.3) is 20.9 Å². The first-order valence-corrected chi connectivity index (χ1v) is 13.6. The van der Waals surface area contributed by atoms with E-state index in [0.29, 0.717) is 12.1 Å². The molecule has 7 nitrogen and oxygen atoms in total. The summed E-state index contributed by atoms with van der Waals surface area (Å²) in [5, 5.41) is 0. The highest BCUT2D eigenvalue weighted by Crippen LogP contribution is 2.36. The van der Waals surface area contributed by atoms with Crippen LogP contribution in [0.4, 0.5) is 0 Å². The zero-order valence-corrected chi connectivity index (χ0v) is 21.2. The van der Waals surface area contributed by atoms with Crippen LogP contribution in [0.2, 0.25) is 0 Å². The van der Waals surface area contributed by atoms with Crippen LogP contribution in [0.5, 0.6) is 0 Å². The van der Waals surface area contributed by atoms with E-state index in [2.05, 4.69) is 4.98 Å². The number of esters is 1. The molecular weight excluding hydrogens is 496 g/mol. The molecule has 1 aliphatic rings. The van der Waals surface area contributed by atoms with Crippen molar-refractivity contribution in [3.05, 3.63) is 95.3 Å². The third kappa shape index (κ3) is 4.43. The molecule has 0 fully saturated rings. The number of thiophene rings is 1. The fourth-order valence-electron chi connectivity index (χ4n) is 4.28. The van der Waals surface area contributed by atoms with Gasteiger partial charge in [0.15, 0.2) is 9.84 Å². The maximum Gasteiger partial charge on any atom is 0.339 e. The largest absolute Gasteiger partial charge is 0.465 e. The van der Waals surface area contributed by atoms with E-state index in [1.54, 1.807) is 47.7 Å². The van der Waals surface area contributed by atoms with Crippen LogP contribution in [-0.4, -0.2) is 44.3 Å². The predicted octanol–water partition coefficient (Wildman–Crippen LogP) is 4.82. The van der Waals surface area contributed by atoms with Crippen molar-refractivity contribution in [1.82, 2.24) is 9.88 Å². The van der Waals surface area contributed by atoms with Gasteiger partial charge in [-0.05, 0) is 59.2 Å². The Balaban J connectivity index is 1.41. The average molecular weight is 519 g/mol. The molecule has 0 saturated heterocycles. The van der Waals surface area contributed by atoms with Crippen molar-refractivity contribution in [3.8, 4) is 20.9 Å². The molecule has 0 radical (unpaired) electrons. The molecule has 3 heterocycles. The lowest BCUT2D eigenvalue weighted by molar-refractivity contribution is 0.0596. The van der Waals surface area contributed by atoms with Crippen molar-refractivity contribution < 1.29 is 22.7 Å². The molecule has 0 N–H and O–H groups in total. The van der Waals surface area contributed by atoms with E-state index >= 15 is 0 Å². The second-order valence-electron chi connectivity index (χ2n) is 8.53. The number of carbonyl (C=O) groups excluding carboxylic acids is 2. The van der Waals surface area contributed by atoms with Crippen molar-refractivity contribution in [2.45, 2.75) is 17.2 Å². The highest BCUT2D eigenvalue weighted by molar-refractivity contribution is 7.90. The topological polar surface area (TPSA) is 93.6 Å². The third-order valence-electron chi connectivity index (χ3n) is 6.04. The number of rotatable bonds is 6. The fourth-order valence-corrected chi connectivity index (χ4v) is 6.79. The Bertz CT molecular complexity index is 1610. The Labute approximate surface area is 212 Å². The number of nitrogens with zero attached hydrogens (tertiary/aromatic N) is 2. The molecule has 1 aliphatic heterocycles. The quantitative estimate of drug-likeness (QED) is 0.340. The molecule has 2 aromatic heterocycles. The van der Waals surface area contributed by atoms with Gasteiger partial charge in [-0.3, -0.25) is 9.78 Å². The summed E-state index contributed by atoms with van der Waals surface area (Å²) in [7, 11) is -0.811. The Hall–Kier alpha value is -3.82. The summed E-state index contributed by atoms with van der Waals surface area (Å²) in [5.74, 6) is -0.961. The number of hydrogen-bond acceptors (Lipinski definition) is 7. The summed E-state index contributed by atoms with van der Waals surface area (Å²) in [6, 6.07) is 17.7. The van der Waals surface area contributed by atoms with E-state index in [1.165, 1.54) is 25.4 Å². The standard InChI is InChI=1S/C27H22N2O5S2/c1-29-15-20-12-18(7-8-21(20)26(29)30)23-9-10-24(35-23)19-11-17(13-28-14-19)16-36(32,33)25-6-4-3-5-22(25)27(31)34-2/h3-14H,15-16H2,1-2H3. The smallest absolute Gasteiger partial charge is 0.339 e. The lowest BCUT2D eigenvalue weighted by atomic mass is 10.1. The van der Waals surface area contributed by atoms with Gasteiger partial charge in [0, 0.05) is 46.9 Å². The number of hydrogen-bond donors (Lipinski definition) is 0.